The maximum atomic E-state index is 11.2. The van der Waals surface area contributed by atoms with Gasteiger partial charge in [-0.15, -0.1) is 4.91 Å². The van der Waals surface area contributed by atoms with Gasteiger partial charge in [-0.2, -0.15) is 0 Å². The molecular formula is C11H21NO3. The van der Waals surface area contributed by atoms with Crippen molar-refractivity contribution in [2.45, 2.75) is 58.4 Å². The van der Waals surface area contributed by atoms with E-state index in [1.807, 2.05) is 0 Å². The first-order chi connectivity index (χ1) is 7.26. The fraction of sp³-hybridized carbons (Fsp3) is 0.909. The lowest BCUT2D eigenvalue weighted by Crippen LogP contribution is -2.20. The number of carbonyl (C=O) groups is 1. The van der Waals surface area contributed by atoms with Crippen LogP contribution < -0.4 is 0 Å². The summed E-state index contributed by atoms with van der Waals surface area (Å²) in [6.45, 7) is 4.18. The summed E-state index contributed by atoms with van der Waals surface area (Å²) in [5, 5.41) is 2.80. The highest BCUT2D eigenvalue weighted by Crippen LogP contribution is 2.10. The normalized spacial score (nSPS) is 12.1. The van der Waals surface area contributed by atoms with Crippen LogP contribution in [0.2, 0.25) is 0 Å². The van der Waals surface area contributed by atoms with Crippen molar-refractivity contribution in [1.29, 1.82) is 0 Å². The second-order valence-electron chi connectivity index (χ2n) is 3.58. The molecule has 0 aliphatic rings. The molecule has 4 nitrogen and oxygen atoms in total. The minimum absolute atomic E-state index is 0.306. The van der Waals surface area contributed by atoms with Crippen molar-refractivity contribution in [3.05, 3.63) is 4.91 Å². The molecule has 88 valence electrons. The Morgan fingerprint density at radius 1 is 1.20 bits per heavy atom. The fourth-order valence-corrected chi connectivity index (χ4v) is 1.39. The zero-order chi connectivity index (χ0) is 11.5. The summed E-state index contributed by atoms with van der Waals surface area (Å²) in [7, 11) is 0. The molecule has 0 heterocycles. The van der Waals surface area contributed by atoms with Gasteiger partial charge in [-0.3, -0.25) is 0 Å². The zero-order valence-electron chi connectivity index (χ0n) is 9.70. The van der Waals surface area contributed by atoms with Crippen LogP contribution in [0.5, 0.6) is 0 Å². The summed E-state index contributed by atoms with van der Waals surface area (Å²) in [6.07, 6.45) is 6.00. The molecule has 0 bridgehead atoms. The van der Waals surface area contributed by atoms with Crippen LogP contribution in [0.4, 0.5) is 0 Å². The lowest BCUT2D eigenvalue weighted by atomic mass is 10.1. The van der Waals surface area contributed by atoms with Crippen molar-refractivity contribution in [3.8, 4) is 0 Å². The average Bonchev–Trinajstić information content (AvgIpc) is 2.23. The zero-order valence-corrected chi connectivity index (χ0v) is 9.70. The lowest BCUT2D eigenvalue weighted by molar-refractivity contribution is -0.144. The number of hydrogen-bond acceptors (Lipinski definition) is 4. The topological polar surface area (TPSA) is 55.7 Å². The smallest absolute Gasteiger partial charge is 0.334 e. The van der Waals surface area contributed by atoms with E-state index in [1.165, 1.54) is 12.8 Å². The molecule has 0 aromatic carbocycles. The van der Waals surface area contributed by atoms with Crippen LogP contribution in [0.1, 0.15) is 52.4 Å². The van der Waals surface area contributed by atoms with Crippen LogP contribution in [0.3, 0.4) is 0 Å². The van der Waals surface area contributed by atoms with Gasteiger partial charge in [0.05, 0.1) is 6.61 Å². The van der Waals surface area contributed by atoms with E-state index in [-0.39, 0.29) is 0 Å². The fourth-order valence-electron chi connectivity index (χ4n) is 1.39. The van der Waals surface area contributed by atoms with Gasteiger partial charge in [0.25, 0.3) is 0 Å². The number of esters is 1. The van der Waals surface area contributed by atoms with Crippen LogP contribution in [-0.4, -0.2) is 18.6 Å². The maximum Gasteiger partial charge on any atom is 0.334 e. The van der Waals surface area contributed by atoms with E-state index in [0.717, 1.165) is 19.3 Å². The monoisotopic (exact) mass is 215 g/mol. The molecule has 0 N–H and O–H groups in total. The van der Waals surface area contributed by atoms with Gasteiger partial charge in [0.15, 0.2) is 6.04 Å². The van der Waals surface area contributed by atoms with Crippen LogP contribution in [0.25, 0.3) is 0 Å². The highest BCUT2D eigenvalue weighted by Gasteiger charge is 2.19. The standard InChI is InChI=1S/C11H21NO3/c1-3-5-6-7-8-9-10(12-14)11(13)15-4-2/h10H,3-9H2,1-2H3. The minimum atomic E-state index is -0.799. The average molecular weight is 215 g/mol. The Hall–Kier alpha value is -0.930. The third-order valence-electron chi connectivity index (χ3n) is 2.27. The van der Waals surface area contributed by atoms with E-state index in [1.54, 1.807) is 6.92 Å². The Balaban J connectivity index is 3.61. The highest BCUT2D eigenvalue weighted by molar-refractivity contribution is 5.75. The van der Waals surface area contributed by atoms with Gasteiger partial charge in [-0.25, -0.2) is 4.79 Å². The largest absolute Gasteiger partial charge is 0.464 e. The van der Waals surface area contributed by atoms with Crippen LogP contribution in [0.15, 0.2) is 5.18 Å². The van der Waals surface area contributed by atoms with Crippen molar-refractivity contribution in [3.63, 3.8) is 0 Å². The molecule has 4 heteroatoms. The van der Waals surface area contributed by atoms with Gasteiger partial charge in [0, 0.05) is 0 Å². The van der Waals surface area contributed by atoms with E-state index in [4.69, 9.17) is 4.74 Å². The van der Waals surface area contributed by atoms with Gasteiger partial charge in [-0.05, 0) is 13.3 Å². The SMILES string of the molecule is CCCCCCCC(N=O)C(=O)OCC. The van der Waals surface area contributed by atoms with E-state index in [9.17, 15) is 9.70 Å². The van der Waals surface area contributed by atoms with Crippen LogP contribution in [-0.2, 0) is 9.53 Å². The summed E-state index contributed by atoms with van der Waals surface area (Å²) in [5.41, 5.74) is 0. The molecule has 0 saturated heterocycles. The van der Waals surface area contributed by atoms with E-state index < -0.39 is 12.0 Å². The third-order valence-corrected chi connectivity index (χ3v) is 2.27. The van der Waals surface area contributed by atoms with E-state index in [2.05, 4.69) is 12.1 Å². The minimum Gasteiger partial charge on any atom is -0.464 e. The summed E-state index contributed by atoms with van der Waals surface area (Å²) >= 11 is 0. The number of unbranched alkanes of at least 4 members (excludes halogenated alkanes) is 4. The molecular weight excluding hydrogens is 194 g/mol. The number of rotatable bonds is 9. The molecule has 0 aromatic heterocycles. The summed E-state index contributed by atoms with van der Waals surface area (Å²) < 4.78 is 4.74. The summed E-state index contributed by atoms with van der Waals surface area (Å²) in [6, 6.07) is -0.799. The maximum absolute atomic E-state index is 11.2. The molecule has 0 fully saturated rings. The molecule has 0 aromatic rings. The Morgan fingerprint density at radius 3 is 2.40 bits per heavy atom. The lowest BCUT2D eigenvalue weighted by Gasteiger charge is -2.07. The number of nitrogens with zero attached hydrogens (tertiary/aromatic N) is 1. The van der Waals surface area contributed by atoms with E-state index in [0.29, 0.717) is 13.0 Å². The second-order valence-corrected chi connectivity index (χ2v) is 3.58. The number of carbonyl (C=O) groups excluding carboxylic acids is 1. The quantitative estimate of drug-likeness (QED) is 0.337. The molecule has 0 saturated carbocycles. The molecule has 1 unspecified atom stereocenters. The van der Waals surface area contributed by atoms with Gasteiger partial charge in [-0.1, -0.05) is 44.2 Å². The van der Waals surface area contributed by atoms with Crippen molar-refractivity contribution >= 4 is 5.97 Å². The third kappa shape index (κ3) is 7.05. The molecule has 15 heavy (non-hydrogen) atoms. The van der Waals surface area contributed by atoms with Crippen molar-refractivity contribution in [2.24, 2.45) is 5.18 Å². The van der Waals surface area contributed by atoms with Crippen molar-refractivity contribution in [2.75, 3.05) is 6.61 Å². The molecule has 0 aliphatic heterocycles. The molecule has 0 spiro atoms. The molecule has 0 radical (unpaired) electrons. The number of ether oxygens (including phenoxy) is 1. The van der Waals surface area contributed by atoms with Gasteiger partial charge >= 0.3 is 5.97 Å². The van der Waals surface area contributed by atoms with Crippen molar-refractivity contribution < 1.29 is 9.53 Å². The predicted molar refractivity (Wildman–Crippen MR) is 59.6 cm³/mol. The number of nitroso groups, excluding NO2 is 1. The molecule has 1 atom stereocenters. The molecule has 0 rings (SSSR count). The van der Waals surface area contributed by atoms with Gasteiger partial charge < -0.3 is 4.74 Å². The van der Waals surface area contributed by atoms with Gasteiger partial charge in [0.2, 0.25) is 0 Å². The first-order valence-corrected chi connectivity index (χ1v) is 5.75. The Kier molecular flexibility index (Phi) is 9.02. The summed E-state index contributed by atoms with van der Waals surface area (Å²) in [5.74, 6) is -0.483. The van der Waals surface area contributed by atoms with Crippen molar-refractivity contribution in [1.82, 2.24) is 0 Å². The van der Waals surface area contributed by atoms with Crippen LogP contribution >= 0.6 is 0 Å². The molecule has 0 amide bonds. The Labute approximate surface area is 91.4 Å². The molecule has 0 aliphatic carbocycles. The summed E-state index contributed by atoms with van der Waals surface area (Å²) in [4.78, 5) is 21.6. The van der Waals surface area contributed by atoms with Crippen LogP contribution in [0, 0.1) is 4.91 Å². The first kappa shape index (κ1) is 14.1. The first-order valence-electron chi connectivity index (χ1n) is 5.75. The Morgan fingerprint density at radius 2 is 1.87 bits per heavy atom. The highest BCUT2D eigenvalue weighted by atomic mass is 16.5. The Bertz CT molecular complexity index is 183. The van der Waals surface area contributed by atoms with Gasteiger partial charge in [0.1, 0.15) is 0 Å². The van der Waals surface area contributed by atoms with E-state index >= 15 is 0 Å². The predicted octanol–water partition coefficient (Wildman–Crippen LogP) is 3.05. The second kappa shape index (κ2) is 9.62. The number of hydrogen-bond donors (Lipinski definition) is 0.